The highest BCUT2D eigenvalue weighted by Crippen LogP contribution is 2.23. The smallest absolute Gasteiger partial charge is 0.291 e. The Labute approximate surface area is 176 Å². The summed E-state index contributed by atoms with van der Waals surface area (Å²) in [6.45, 7) is 7.38. The summed E-state index contributed by atoms with van der Waals surface area (Å²) in [5.74, 6) is 1.70. The van der Waals surface area contributed by atoms with E-state index in [-0.39, 0.29) is 5.91 Å². The number of aromatic nitrogens is 2. The largest absolute Gasteiger partial charge is 0.497 e. The number of hydrogen-bond donors (Lipinski definition) is 1. The van der Waals surface area contributed by atoms with Crippen LogP contribution in [0.25, 0.3) is 0 Å². The quantitative estimate of drug-likeness (QED) is 0.640. The number of nitrogens with one attached hydrogen (secondary N) is 1. The van der Waals surface area contributed by atoms with E-state index in [1.54, 1.807) is 13.2 Å². The summed E-state index contributed by atoms with van der Waals surface area (Å²) in [6.07, 6.45) is 2.46. The van der Waals surface area contributed by atoms with Crippen molar-refractivity contribution in [1.82, 2.24) is 14.7 Å². The average molecular weight is 409 g/mol. The number of anilines is 1. The van der Waals surface area contributed by atoms with E-state index in [1.165, 1.54) is 12.8 Å². The number of carbonyl (C=O) groups excluding carboxylic acids is 1. The van der Waals surface area contributed by atoms with Gasteiger partial charge in [0.1, 0.15) is 11.5 Å². The van der Waals surface area contributed by atoms with Crippen LogP contribution in [0.1, 0.15) is 46.1 Å². The number of methoxy groups -OCH3 is 1. The summed E-state index contributed by atoms with van der Waals surface area (Å²) in [6, 6.07) is 11.5. The van der Waals surface area contributed by atoms with Crippen LogP contribution in [0.5, 0.6) is 5.75 Å². The number of nitrogens with zero attached hydrogens (tertiary/aromatic N) is 3. The van der Waals surface area contributed by atoms with Gasteiger partial charge < -0.3 is 14.5 Å². The van der Waals surface area contributed by atoms with Gasteiger partial charge in [0.25, 0.3) is 5.91 Å². The second-order valence-electron chi connectivity index (χ2n) is 7.76. The topological polar surface area (TPSA) is 72.5 Å². The first-order valence-corrected chi connectivity index (χ1v) is 10.3. The number of aryl methyl sites for hydroxylation is 1. The molecule has 1 aliphatic heterocycles. The van der Waals surface area contributed by atoms with E-state index in [0.717, 1.165) is 53.8 Å². The number of ether oxygens (including phenoxy) is 1. The monoisotopic (exact) mass is 408 g/mol. The zero-order valence-corrected chi connectivity index (χ0v) is 17.8. The van der Waals surface area contributed by atoms with Gasteiger partial charge in [-0.15, -0.1) is 0 Å². The number of furan rings is 1. The Kier molecular flexibility index (Phi) is 5.90. The minimum absolute atomic E-state index is 0.255. The molecule has 2 aromatic heterocycles. The van der Waals surface area contributed by atoms with Crippen molar-refractivity contribution in [2.75, 3.05) is 25.5 Å². The fraction of sp³-hybridized carbons (Fsp3) is 0.391. The van der Waals surface area contributed by atoms with Gasteiger partial charge in [0.2, 0.25) is 0 Å². The lowest BCUT2D eigenvalue weighted by molar-refractivity contribution is 0.0993. The third-order valence-electron chi connectivity index (χ3n) is 5.55. The lowest BCUT2D eigenvalue weighted by atomic mass is 10.2. The molecule has 1 amide bonds. The normalized spacial score (nSPS) is 14.2. The van der Waals surface area contributed by atoms with Crippen molar-refractivity contribution >= 4 is 11.6 Å². The SMILES string of the molecule is COc1cccc(Cn2nc(C)c(NC(=O)c3ccc(CN4CCCC4)o3)c2C)c1. The molecule has 0 spiro atoms. The van der Waals surface area contributed by atoms with Gasteiger partial charge in [-0.1, -0.05) is 12.1 Å². The third-order valence-corrected chi connectivity index (χ3v) is 5.55. The Morgan fingerprint density at radius 3 is 2.73 bits per heavy atom. The van der Waals surface area contributed by atoms with Crippen molar-refractivity contribution in [2.45, 2.75) is 39.8 Å². The molecule has 1 fully saturated rings. The van der Waals surface area contributed by atoms with E-state index in [1.807, 2.05) is 48.9 Å². The Hall–Kier alpha value is -3.06. The molecule has 1 N–H and O–H groups in total. The summed E-state index contributed by atoms with van der Waals surface area (Å²) >= 11 is 0. The molecular weight excluding hydrogens is 380 g/mol. The van der Waals surface area contributed by atoms with E-state index in [0.29, 0.717) is 12.3 Å². The molecule has 158 valence electrons. The highest BCUT2D eigenvalue weighted by Gasteiger charge is 2.19. The Balaban J connectivity index is 1.45. The van der Waals surface area contributed by atoms with Crippen LogP contribution < -0.4 is 10.1 Å². The van der Waals surface area contributed by atoms with E-state index < -0.39 is 0 Å². The average Bonchev–Trinajstić information content (AvgIpc) is 3.48. The molecule has 4 rings (SSSR count). The second-order valence-corrected chi connectivity index (χ2v) is 7.76. The number of hydrogen-bond acceptors (Lipinski definition) is 5. The van der Waals surface area contributed by atoms with Crippen molar-refractivity contribution in [3.63, 3.8) is 0 Å². The maximum Gasteiger partial charge on any atom is 0.291 e. The number of rotatable bonds is 7. The lowest BCUT2D eigenvalue weighted by Gasteiger charge is -2.11. The van der Waals surface area contributed by atoms with Crippen molar-refractivity contribution in [1.29, 1.82) is 0 Å². The summed E-state index contributed by atoms with van der Waals surface area (Å²) in [5.41, 5.74) is 3.47. The Morgan fingerprint density at radius 2 is 1.97 bits per heavy atom. The standard InChI is InChI=1S/C23H28N4O3/c1-16-22(17(2)27(25-16)14-18-7-6-8-19(13-18)29-3)24-23(28)21-10-9-20(30-21)15-26-11-4-5-12-26/h6-10,13H,4-5,11-12,14-15H2,1-3H3,(H,24,28). The second kappa shape index (κ2) is 8.75. The van der Waals surface area contributed by atoms with Gasteiger partial charge in [0.05, 0.1) is 37.3 Å². The molecule has 0 saturated carbocycles. The molecular formula is C23H28N4O3. The van der Waals surface area contributed by atoms with Crippen molar-refractivity contribution in [2.24, 2.45) is 0 Å². The summed E-state index contributed by atoms with van der Waals surface area (Å²) in [4.78, 5) is 15.1. The lowest BCUT2D eigenvalue weighted by Crippen LogP contribution is -2.18. The van der Waals surface area contributed by atoms with Crippen LogP contribution in [0.2, 0.25) is 0 Å². The molecule has 3 aromatic rings. The number of carbonyl (C=O) groups is 1. The van der Waals surface area contributed by atoms with Gasteiger partial charge in [-0.05, 0) is 69.6 Å². The third kappa shape index (κ3) is 4.41. The highest BCUT2D eigenvalue weighted by atomic mass is 16.5. The van der Waals surface area contributed by atoms with E-state index >= 15 is 0 Å². The first-order chi connectivity index (χ1) is 14.5. The maximum absolute atomic E-state index is 12.7. The molecule has 3 heterocycles. The molecule has 1 aliphatic rings. The first kappa shape index (κ1) is 20.2. The fourth-order valence-corrected chi connectivity index (χ4v) is 3.90. The fourth-order valence-electron chi connectivity index (χ4n) is 3.90. The minimum atomic E-state index is -0.255. The van der Waals surface area contributed by atoms with Gasteiger partial charge in [0.15, 0.2) is 5.76 Å². The summed E-state index contributed by atoms with van der Waals surface area (Å²) < 4.78 is 13.0. The molecule has 7 nitrogen and oxygen atoms in total. The van der Waals surface area contributed by atoms with Crippen molar-refractivity contribution in [3.05, 3.63) is 64.9 Å². The zero-order chi connectivity index (χ0) is 21.1. The number of benzene rings is 1. The molecule has 0 bridgehead atoms. The maximum atomic E-state index is 12.7. The van der Waals surface area contributed by atoms with Gasteiger partial charge in [0, 0.05) is 0 Å². The summed E-state index contributed by atoms with van der Waals surface area (Å²) in [7, 11) is 1.65. The predicted octanol–water partition coefficient (Wildman–Crippen LogP) is 4.00. The molecule has 0 atom stereocenters. The van der Waals surface area contributed by atoms with E-state index in [4.69, 9.17) is 9.15 Å². The van der Waals surface area contributed by atoms with Gasteiger partial charge in [-0.3, -0.25) is 14.4 Å². The van der Waals surface area contributed by atoms with E-state index in [9.17, 15) is 4.79 Å². The molecule has 0 radical (unpaired) electrons. The molecule has 1 aromatic carbocycles. The molecule has 0 aliphatic carbocycles. The van der Waals surface area contributed by atoms with Gasteiger partial charge in [-0.2, -0.15) is 5.10 Å². The van der Waals surface area contributed by atoms with Crippen molar-refractivity contribution in [3.8, 4) is 5.75 Å². The Morgan fingerprint density at radius 1 is 1.17 bits per heavy atom. The summed E-state index contributed by atoms with van der Waals surface area (Å²) in [5, 5.41) is 7.58. The van der Waals surface area contributed by atoms with Crippen LogP contribution in [0.3, 0.4) is 0 Å². The van der Waals surface area contributed by atoms with Gasteiger partial charge in [-0.25, -0.2) is 0 Å². The molecule has 0 unspecified atom stereocenters. The first-order valence-electron chi connectivity index (χ1n) is 10.3. The van der Waals surface area contributed by atoms with E-state index in [2.05, 4.69) is 15.3 Å². The minimum Gasteiger partial charge on any atom is -0.497 e. The van der Waals surface area contributed by atoms with Crippen LogP contribution in [-0.2, 0) is 13.1 Å². The Bertz CT molecular complexity index is 1030. The van der Waals surface area contributed by atoms with Gasteiger partial charge >= 0.3 is 0 Å². The zero-order valence-electron chi connectivity index (χ0n) is 17.8. The van der Waals surface area contributed by atoms with Crippen LogP contribution in [0.4, 0.5) is 5.69 Å². The predicted molar refractivity (Wildman–Crippen MR) is 115 cm³/mol. The van der Waals surface area contributed by atoms with Crippen LogP contribution in [0.15, 0.2) is 40.8 Å². The number of likely N-dealkylation sites (tertiary alicyclic amines) is 1. The van der Waals surface area contributed by atoms with Crippen LogP contribution >= 0.6 is 0 Å². The number of amides is 1. The van der Waals surface area contributed by atoms with Crippen LogP contribution in [0, 0.1) is 13.8 Å². The molecule has 30 heavy (non-hydrogen) atoms. The van der Waals surface area contributed by atoms with Crippen molar-refractivity contribution < 1.29 is 13.9 Å². The van der Waals surface area contributed by atoms with Crippen LogP contribution in [-0.4, -0.2) is 40.8 Å². The highest BCUT2D eigenvalue weighted by molar-refractivity contribution is 6.02. The molecule has 7 heteroatoms. The molecule has 1 saturated heterocycles.